The maximum Gasteiger partial charge on any atom is 0.405 e. The first-order chi connectivity index (χ1) is 10.8. The Bertz CT molecular complexity index is 564. The highest BCUT2D eigenvalue weighted by molar-refractivity contribution is 5.94. The molecule has 10 heteroatoms. The molecule has 0 aromatic heterocycles. The van der Waals surface area contributed by atoms with Gasteiger partial charge in [-0.1, -0.05) is 0 Å². The number of amides is 1. The molecule has 0 saturated carbocycles. The summed E-state index contributed by atoms with van der Waals surface area (Å²) in [4.78, 5) is 13.0. The Morgan fingerprint density at radius 1 is 1.25 bits per heavy atom. The van der Waals surface area contributed by atoms with E-state index in [1.807, 2.05) is 5.32 Å². The third-order valence-electron chi connectivity index (χ3n) is 3.60. The van der Waals surface area contributed by atoms with Crippen molar-refractivity contribution in [3.63, 3.8) is 0 Å². The van der Waals surface area contributed by atoms with E-state index in [0.29, 0.717) is 19.2 Å². The summed E-state index contributed by atoms with van der Waals surface area (Å²) in [5.41, 5.74) is -0.619. The maximum absolute atomic E-state index is 13.5. The van der Waals surface area contributed by atoms with Crippen LogP contribution in [0.4, 0.5) is 22.0 Å². The molecule has 0 aliphatic carbocycles. The molecule has 24 heavy (non-hydrogen) atoms. The Hall–Kier alpha value is -1.45. The van der Waals surface area contributed by atoms with Crippen LogP contribution in [-0.4, -0.2) is 55.7 Å². The van der Waals surface area contributed by atoms with Crippen LogP contribution in [0.2, 0.25) is 0 Å². The maximum atomic E-state index is 13.5. The van der Waals surface area contributed by atoms with Gasteiger partial charge in [0, 0.05) is 32.7 Å². The predicted molar refractivity (Wildman–Crippen MR) is 80.2 cm³/mol. The molecule has 1 fully saturated rings. The molecule has 1 amide bonds. The first-order valence-corrected chi connectivity index (χ1v) is 7.04. The second-order valence-corrected chi connectivity index (χ2v) is 5.18. The molecule has 1 saturated heterocycles. The number of hydrogen-bond donors (Lipinski definition) is 2. The average Bonchev–Trinajstić information content (AvgIpc) is 2.49. The fourth-order valence-electron chi connectivity index (χ4n) is 2.40. The van der Waals surface area contributed by atoms with Crippen molar-refractivity contribution in [2.75, 3.05) is 32.7 Å². The lowest BCUT2D eigenvalue weighted by Gasteiger charge is -2.35. The van der Waals surface area contributed by atoms with E-state index in [9.17, 15) is 26.7 Å². The standard InChI is InChI=1S/C14H16F5N3O.ClH/c15-9-1-2-11(16)10(7-9)13(23)21-8-12(14(17,18)19)22-5-3-20-4-6-22;/h1-2,7,12,20H,3-6,8H2,(H,21,23);1H. The summed E-state index contributed by atoms with van der Waals surface area (Å²) in [5, 5.41) is 4.98. The number of alkyl halides is 3. The van der Waals surface area contributed by atoms with Gasteiger partial charge in [-0.25, -0.2) is 8.78 Å². The van der Waals surface area contributed by atoms with Crippen LogP contribution in [0, 0.1) is 11.6 Å². The molecule has 1 unspecified atom stereocenters. The largest absolute Gasteiger partial charge is 0.405 e. The molecule has 0 spiro atoms. The summed E-state index contributed by atoms with van der Waals surface area (Å²) >= 11 is 0. The van der Waals surface area contributed by atoms with E-state index in [2.05, 4.69) is 5.32 Å². The number of rotatable bonds is 4. The molecule has 1 aliphatic heterocycles. The minimum Gasteiger partial charge on any atom is -0.350 e. The number of piperazine rings is 1. The third-order valence-corrected chi connectivity index (χ3v) is 3.60. The minimum absolute atomic E-state index is 0. The van der Waals surface area contributed by atoms with E-state index >= 15 is 0 Å². The van der Waals surface area contributed by atoms with Crippen molar-refractivity contribution in [3.8, 4) is 0 Å². The van der Waals surface area contributed by atoms with Crippen LogP contribution in [0.5, 0.6) is 0 Å². The van der Waals surface area contributed by atoms with Crippen LogP contribution in [0.1, 0.15) is 10.4 Å². The molecule has 1 aliphatic rings. The fraction of sp³-hybridized carbons (Fsp3) is 0.500. The summed E-state index contributed by atoms with van der Waals surface area (Å²) in [5.74, 6) is -2.91. The highest BCUT2D eigenvalue weighted by Crippen LogP contribution is 2.25. The Kier molecular flexibility index (Phi) is 7.37. The molecule has 4 nitrogen and oxygen atoms in total. The zero-order valence-electron chi connectivity index (χ0n) is 12.5. The van der Waals surface area contributed by atoms with Gasteiger partial charge in [0.1, 0.15) is 17.7 Å². The van der Waals surface area contributed by atoms with E-state index in [-0.39, 0.29) is 25.5 Å². The number of halogens is 6. The van der Waals surface area contributed by atoms with Crippen LogP contribution in [0.15, 0.2) is 18.2 Å². The van der Waals surface area contributed by atoms with Gasteiger partial charge in [-0.2, -0.15) is 13.2 Å². The van der Waals surface area contributed by atoms with Crippen LogP contribution < -0.4 is 10.6 Å². The molecule has 0 bridgehead atoms. The molecule has 2 N–H and O–H groups in total. The normalized spacial score (nSPS) is 17.0. The van der Waals surface area contributed by atoms with Gasteiger partial charge in [-0.05, 0) is 18.2 Å². The van der Waals surface area contributed by atoms with Crippen molar-refractivity contribution in [2.24, 2.45) is 0 Å². The van der Waals surface area contributed by atoms with Gasteiger partial charge in [0.2, 0.25) is 0 Å². The Balaban J connectivity index is 0.00000288. The topological polar surface area (TPSA) is 44.4 Å². The van der Waals surface area contributed by atoms with Gasteiger partial charge in [-0.3, -0.25) is 9.69 Å². The molecule has 1 heterocycles. The smallest absolute Gasteiger partial charge is 0.350 e. The van der Waals surface area contributed by atoms with E-state index < -0.39 is 41.9 Å². The summed E-state index contributed by atoms with van der Waals surface area (Å²) in [6.45, 7) is 0.485. The van der Waals surface area contributed by atoms with Crippen molar-refractivity contribution in [3.05, 3.63) is 35.4 Å². The summed E-state index contributed by atoms with van der Waals surface area (Å²) < 4.78 is 66.0. The lowest BCUT2D eigenvalue weighted by atomic mass is 10.1. The number of carbonyl (C=O) groups is 1. The number of carbonyl (C=O) groups excluding carboxylic acids is 1. The molecule has 0 radical (unpaired) electrons. The van der Waals surface area contributed by atoms with Crippen LogP contribution in [0.3, 0.4) is 0 Å². The number of nitrogens with one attached hydrogen (secondary N) is 2. The van der Waals surface area contributed by atoms with Crippen LogP contribution in [0.25, 0.3) is 0 Å². The van der Waals surface area contributed by atoms with Crippen molar-refractivity contribution < 1.29 is 26.7 Å². The summed E-state index contributed by atoms with van der Waals surface area (Å²) in [7, 11) is 0. The van der Waals surface area contributed by atoms with Crippen molar-refractivity contribution >= 4 is 18.3 Å². The average molecular weight is 374 g/mol. The number of nitrogens with zero attached hydrogens (tertiary/aromatic N) is 1. The first kappa shape index (κ1) is 20.6. The summed E-state index contributed by atoms with van der Waals surface area (Å²) in [6.07, 6.45) is -4.54. The third kappa shape index (κ3) is 5.29. The highest BCUT2D eigenvalue weighted by atomic mass is 35.5. The second kappa shape index (κ2) is 8.59. The Morgan fingerprint density at radius 2 is 1.88 bits per heavy atom. The fourth-order valence-corrected chi connectivity index (χ4v) is 2.40. The van der Waals surface area contributed by atoms with Gasteiger partial charge < -0.3 is 10.6 Å². The monoisotopic (exact) mass is 373 g/mol. The van der Waals surface area contributed by atoms with Gasteiger partial charge in [0.15, 0.2) is 0 Å². The van der Waals surface area contributed by atoms with Gasteiger partial charge in [0.25, 0.3) is 5.91 Å². The Morgan fingerprint density at radius 3 is 2.46 bits per heavy atom. The Labute approximate surface area is 141 Å². The van der Waals surface area contributed by atoms with E-state index in [1.165, 1.54) is 4.90 Å². The molecular formula is C14H17ClF5N3O. The van der Waals surface area contributed by atoms with E-state index in [1.54, 1.807) is 0 Å². The number of benzene rings is 1. The van der Waals surface area contributed by atoms with Crippen LogP contribution in [-0.2, 0) is 0 Å². The SMILES string of the molecule is Cl.O=C(NCC(N1CCNCC1)C(F)(F)F)c1cc(F)ccc1F. The van der Waals surface area contributed by atoms with Gasteiger partial charge in [0.05, 0.1) is 5.56 Å². The van der Waals surface area contributed by atoms with Gasteiger partial charge in [-0.15, -0.1) is 12.4 Å². The molecule has 1 aromatic carbocycles. The summed E-state index contributed by atoms with van der Waals surface area (Å²) in [6, 6.07) is 0.357. The lowest BCUT2D eigenvalue weighted by molar-refractivity contribution is -0.183. The first-order valence-electron chi connectivity index (χ1n) is 7.04. The minimum atomic E-state index is -4.54. The van der Waals surface area contributed by atoms with Crippen LogP contribution >= 0.6 is 12.4 Å². The lowest BCUT2D eigenvalue weighted by Crippen LogP contribution is -2.57. The molecule has 1 atom stereocenters. The zero-order chi connectivity index (χ0) is 17.0. The van der Waals surface area contributed by atoms with Crippen molar-refractivity contribution in [1.82, 2.24) is 15.5 Å². The molecular weight excluding hydrogens is 357 g/mol. The van der Waals surface area contributed by atoms with Crippen molar-refractivity contribution in [2.45, 2.75) is 12.2 Å². The second-order valence-electron chi connectivity index (χ2n) is 5.18. The van der Waals surface area contributed by atoms with E-state index in [0.717, 1.165) is 12.1 Å². The molecule has 136 valence electrons. The van der Waals surface area contributed by atoms with E-state index in [4.69, 9.17) is 0 Å². The molecule has 2 rings (SSSR count). The quantitative estimate of drug-likeness (QED) is 0.793. The predicted octanol–water partition coefficient (Wildman–Crippen LogP) is 1.95. The van der Waals surface area contributed by atoms with Crippen molar-refractivity contribution in [1.29, 1.82) is 0 Å². The zero-order valence-corrected chi connectivity index (χ0v) is 13.3. The highest BCUT2D eigenvalue weighted by Gasteiger charge is 2.43. The number of hydrogen-bond acceptors (Lipinski definition) is 3. The van der Waals surface area contributed by atoms with Gasteiger partial charge >= 0.3 is 6.18 Å². The molecule has 1 aromatic rings.